The Morgan fingerprint density at radius 2 is 0.875 bits per heavy atom. The fraction of sp³-hybridized carbons (Fsp3) is 0.674. The highest BCUT2D eigenvalue weighted by molar-refractivity contribution is 5.70. The molecule has 5 heteroatoms. The Hall–Kier alpha value is -2.66. The molecule has 0 aromatic heterocycles. The van der Waals surface area contributed by atoms with Crippen molar-refractivity contribution in [1.29, 1.82) is 0 Å². The van der Waals surface area contributed by atoms with Gasteiger partial charge in [-0.1, -0.05) is 151 Å². The molecular formula is C43H72O5. The van der Waals surface area contributed by atoms with Gasteiger partial charge in [0.15, 0.2) is 6.10 Å². The predicted molar refractivity (Wildman–Crippen MR) is 205 cm³/mol. The van der Waals surface area contributed by atoms with Gasteiger partial charge < -0.3 is 14.6 Å². The van der Waals surface area contributed by atoms with Gasteiger partial charge in [-0.3, -0.25) is 9.59 Å². The molecule has 0 aliphatic rings. The lowest BCUT2D eigenvalue weighted by atomic mass is 10.1. The maximum Gasteiger partial charge on any atom is 0.306 e. The van der Waals surface area contributed by atoms with Crippen LogP contribution in [0.3, 0.4) is 0 Å². The molecule has 0 radical (unpaired) electrons. The molecule has 1 atom stereocenters. The van der Waals surface area contributed by atoms with Gasteiger partial charge in [0.2, 0.25) is 0 Å². The molecule has 0 amide bonds. The molecule has 0 aliphatic heterocycles. The monoisotopic (exact) mass is 669 g/mol. The SMILES string of the molecule is CCCCCC=CCC=CCC=CCC=CCC=CCCC(=O)O[C@@H](CO)COC(=O)CCCCCCCC=CCCCCCCCC. The van der Waals surface area contributed by atoms with E-state index in [0.717, 1.165) is 51.4 Å². The smallest absolute Gasteiger partial charge is 0.306 e. The normalized spacial score (nSPS) is 13.0. The van der Waals surface area contributed by atoms with E-state index in [1.54, 1.807) is 0 Å². The average Bonchev–Trinajstić information content (AvgIpc) is 3.09. The van der Waals surface area contributed by atoms with Crippen LogP contribution in [0.15, 0.2) is 72.9 Å². The predicted octanol–water partition coefficient (Wildman–Crippen LogP) is 12.2. The first kappa shape index (κ1) is 45.3. The third kappa shape index (κ3) is 36.2. The van der Waals surface area contributed by atoms with Crippen molar-refractivity contribution in [1.82, 2.24) is 0 Å². The van der Waals surface area contributed by atoms with Crippen molar-refractivity contribution in [3.05, 3.63) is 72.9 Å². The minimum absolute atomic E-state index is 0.103. The fourth-order valence-electron chi connectivity index (χ4n) is 5.00. The quantitative estimate of drug-likeness (QED) is 0.0420. The molecule has 0 saturated carbocycles. The lowest BCUT2D eigenvalue weighted by molar-refractivity contribution is -0.161. The topological polar surface area (TPSA) is 72.8 Å². The van der Waals surface area contributed by atoms with Crippen molar-refractivity contribution in [2.24, 2.45) is 0 Å². The summed E-state index contributed by atoms with van der Waals surface area (Å²) in [5.41, 5.74) is 0. The molecule has 0 aliphatic carbocycles. The van der Waals surface area contributed by atoms with Crippen molar-refractivity contribution in [3.63, 3.8) is 0 Å². The van der Waals surface area contributed by atoms with Crippen molar-refractivity contribution in [2.75, 3.05) is 13.2 Å². The number of rotatable bonds is 34. The highest BCUT2D eigenvalue weighted by Crippen LogP contribution is 2.11. The highest BCUT2D eigenvalue weighted by Gasteiger charge is 2.15. The van der Waals surface area contributed by atoms with E-state index in [0.29, 0.717) is 12.8 Å². The summed E-state index contributed by atoms with van der Waals surface area (Å²) in [6.45, 7) is 4.02. The van der Waals surface area contributed by atoms with Gasteiger partial charge in [0, 0.05) is 12.8 Å². The number of carbonyl (C=O) groups excluding carboxylic acids is 2. The van der Waals surface area contributed by atoms with E-state index < -0.39 is 12.1 Å². The molecule has 0 unspecified atom stereocenters. The van der Waals surface area contributed by atoms with Gasteiger partial charge in [0.1, 0.15) is 6.61 Å². The van der Waals surface area contributed by atoms with E-state index in [1.807, 2.05) is 12.2 Å². The van der Waals surface area contributed by atoms with Gasteiger partial charge in [-0.15, -0.1) is 0 Å². The number of aliphatic hydroxyl groups excluding tert-OH is 1. The Morgan fingerprint density at radius 1 is 0.479 bits per heavy atom. The van der Waals surface area contributed by atoms with E-state index in [9.17, 15) is 14.7 Å². The first-order chi connectivity index (χ1) is 23.6. The van der Waals surface area contributed by atoms with Gasteiger partial charge in [-0.2, -0.15) is 0 Å². The third-order valence-corrected chi connectivity index (χ3v) is 7.99. The molecule has 48 heavy (non-hydrogen) atoms. The minimum atomic E-state index is -0.817. The Labute approximate surface area is 295 Å². The summed E-state index contributed by atoms with van der Waals surface area (Å²) >= 11 is 0. The lowest BCUT2D eigenvalue weighted by Crippen LogP contribution is -2.28. The van der Waals surface area contributed by atoms with Crippen molar-refractivity contribution in [3.8, 4) is 0 Å². The van der Waals surface area contributed by atoms with Crippen LogP contribution in [0.1, 0.15) is 168 Å². The fourth-order valence-corrected chi connectivity index (χ4v) is 5.00. The molecule has 0 aromatic rings. The molecule has 0 aromatic carbocycles. The first-order valence-electron chi connectivity index (χ1n) is 19.5. The molecule has 274 valence electrons. The molecule has 0 saturated heterocycles. The van der Waals surface area contributed by atoms with E-state index in [2.05, 4.69) is 74.6 Å². The van der Waals surface area contributed by atoms with Crippen LogP contribution in [0.2, 0.25) is 0 Å². The van der Waals surface area contributed by atoms with Crippen LogP contribution in [0.5, 0.6) is 0 Å². The minimum Gasteiger partial charge on any atom is -0.462 e. The van der Waals surface area contributed by atoms with Gasteiger partial charge in [-0.05, 0) is 77.0 Å². The van der Waals surface area contributed by atoms with Crippen LogP contribution < -0.4 is 0 Å². The number of allylic oxidation sites excluding steroid dienone is 12. The number of ether oxygens (including phenoxy) is 2. The standard InChI is InChI=1S/C43H72O5/c1-3-5-7-9-11-13-15-17-19-20-21-22-24-26-28-30-32-34-36-38-43(46)48-41(39-44)40-47-42(45)37-35-33-31-29-27-25-23-18-16-14-12-10-8-6-4-2/h11,13,17-19,21-23,26,28,32,34,41,44H,3-10,12,14-16,20,24-25,27,29-31,33,35-40H2,1-2H3/t41-/m0/s1. The van der Waals surface area contributed by atoms with Gasteiger partial charge >= 0.3 is 11.9 Å². The van der Waals surface area contributed by atoms with Crippen molar-refractivity contribution < 1.29 is 24.2 Å². The first-order valence-corrected chi connectivity index (χ1v) is 19.5. The van der Waals surface area contributed by atoms with Crippen LogP contribution in [0.25, 0.3) is 0 Å². The zero-order valence-corrected chi connectivity index (χ0v) is 31.0. The van der Waals surface area contributed by atoms with Crippen LogP contribution in [-0.2, 0) is 19.1 Å². The van der Waals surface area contributed by atoms with Gasteiger partial charge in [0.05, 0.1) is 6.61 Å². The van der Waals surface area contributed by atoms with Crippen LogP contribution in [0, 0.1) is 0 Å². The van der Waals surface area contributed by atoms with Gasteiger partial charge in [0.25, 0.3) is 0 Å². The highest BCUT2D eigenvalue weighted by atomic mass is 16.6. The van der Waals surface area contributed by atoms with Crippen molar-refractivity contribution >= 4 is 11.9 Å². The number of hydrogen-bond donors (Lipinski definition) is 1. The summed E-state index contributed by atoms with van der Waals surface area (Å²) < 4.78 is 10.5. The molecule has 1 N–H and O–H groups in total. The summed E-state index contributed by atoms with van der Waals surface area (Å²) in [7, 11) is 0. The summed E-state index contributed by atoms with van der Waals surface area (Å²) in [6, 6.07) is 0. The van der Waals surface area contributed by atoms with Crippen LogP contribution >= 0.6 is 0 Å². The molecule has 5 nitrogen and oxygen atoms in total. The molecule has 0 bridgehead atoms. The summed E-state index contributed by atoms with van der Waals surface area (Å²) in [5, 5.41) is 9.53. The molecule has 0 heterocycles. The second-order valence-corrected chi connectivity index (χ2v) is 12.6. The summed E-state index contributed by atoms with van der Waals surface area (Å²) in [4.78, 5) is 24.2. The Morgan fingerprint density at radius 3 is 1.40 bits per heavy atom. The zero-order chi connectivity index (χ0) is 35.0. The largest absolute Gasteiger partial charge is 0.462 e. The van der Waals surface area contributed by atoms with E-state index in [4.69, 9.17) is 9.47 Å². The lowest BCUT2D eigenvalue weighted by Gasteiger charge is -2.15. The van der Waals surface area contributed by atoms with Crippen molar-refractivity contribution in [2.45, 2.75) is 174 Å². The Kier molecular flexibility index (Phi) is 36.6. The number of hydrogen-bond acceptors (Lipinski definition) is 5. The second kappa shape index (κ2) is 38.8. The summed E-state index contributed by atoms with van der Waals surface area (Å²) in [5.74, 6) is -0.702. The number of unbranched alkanes of at least 4 members (excludes halogenated alkanes) is 14. The maximum atomic E-state index is 12.1. The third-order valence-electron chi connectivity index (χ3n) is 7.99. The number of aliphatic hydroxyl groups is 1. The molecular weight excluding hydrogens is 596 g/mol. The summed E-state index contributed by atoms with van der Waals surface area (Å²) in [6.07, 6.45) is 51.1. The van der Waals surface area contributed by atoms with Crippen LogP contribution in [-0.4, -0.2) is 36.4 Å². The van der Waals surface area contributed by atoms with E-state index in [-0.39, 0.29) is 25.6 Å². The van der Waals surface area contributed by atoms with E-state index in [1.165, 1.54) is 83.5 Å². The molecule has 0 spiro atoms. The molecule has 0 rings (SSSR count). The Balaban J connectivity index is 3.73. The second-order valence-electron chi connectivity index (χ2n) is 12.6. The average molecular weight is 669 g/mol. The van der Waals surface area contributed by atoms with Gasteiger partial charge in [-0.25, -0.2) is 0 Å². The maximum absolute atomic E-state index is 12.1. The molecule has 0 fully saturated rings. The Bertz CT molecular complexity index is 895. The van der Waals surface area contributed by atoms with E-state index >= 15 is 0 Å². The number of carbonyl (C=O) groups is 2. The number of esters is 2. The van der Waals surface area contributed by atoms with Crippen LogP contribution in [0.4, 0.5) is 0 Å². The zero-order valence-electron chi connectivity index (χ0n) is 31.0.